The predicted molar refractivity (Wildman–Crippen MR) is 127 cm³/mol. The molecule has 0 radical (unpaired) electrons. The Balaban J connectivity index is 1.78. The molecule has 1 saturated heterocycles. The van der Waals surface area contributed by atoms with Crippen molar-refractivity contribution in [3.63, 3.8) is 0 Å². The summed E-state index contributed by atoms with van der Waals surface area (Å²) in [5.41, 5.74) is 4.47. The Bertz CT molecular complexity index is 1180. The lowest BCUT2D eigenvalue weighted by Crippen LogP contribution is -2.41. The highest BCUT2D eigenvalue weighted by atomic mass is 35.5. The van der Waals surface area contributed by atoms with Crippen molar-refractivity contribution in [2.45, 2.75) is 36.5 Å². The summed E-state index contributed by atoms with van der Waals surface area (Å²) < 4.78 is 50.7. The fraction of sp³-hybridized carbons (Fsp3) is 0.381. The lowest BCUT2D eigenvalue weighted by Gasteiger charge is -2.24. The Labute approximate surface area is 210 Å². The van der Waals surface area contributed by atoms with Gasteiger partial charge in [0.15, 0.2) is 6.23 Å². The topological polar surface area (TPSA) is 164 Å². The molecule has 1 fully saturated rings. The van der Waals surface area contributed by atoms with Gasteiger partial charge in [-0.05, 0) is 25.1 Å². The summed E-state index contributed by atoms with van der Waals surface area (Å²) in [5, 5.41) is 9.89. The molecule has 0 aliphatic carbocycles. The second kappa shape index (κ2) is 11.5. The Morgan fingerprint density at radius 1 is 1.47 bits per heavy atom. The van der Waals surface area contributed by atoms with Crippen LogP contribution in [0.15, 0.2) is 60.0 Å². The molecule has 2 aromatic rings. The van der Waals surface area contributed by atoms with Crippen LogP contribution in [0.2, 0.25) is 0 Å². The molecule has 3 rings (SSSR count). The molecule has 36 heavy (non-hydrogen) atoms. The van der Waals surface area contributed by atoms with Crippen LogP contribution < -0.4 is 21.0 Å². The number of benzene rings is 1. The number of anilines is 1. The molecule has 1 aliphatic rings. The number of hydrogen-bond acceptors (Lipinski definition) is 10. The molecule has 196 valence electrons. The standard InChI is InChI=1S/C21H25ClFN4O8P/c1-3-11-32-18(29)13(2)26-36(31,35-14-7-5-4-6-8-14)33-12-15-17(28)21(22,23)19(34-15)27-10-9-16(24)25-20(27)30/h3-10,13,15,17,19,28H,1,11-12H2,2H3,(H,26,31)(H2,24,25,30)/t13-,15+,17+,19+,21+,36?/m0/s1. The maximum absolute atomic E-state index is 15.2. The number of aromatic nitrogens is 2. The maximum Gasteiger partial charge on any atom is 0.459 e. The molecular weight excluding hydrogens is 522 g/mol. The van der Waals surface area contributed by atoms with E-state index < -0.39 is 55.6 Å². The van der Waals surface area contributed by atoms with Crippen LogP contribution in [0.3, 0.4) is 0 Å². The number of carbonyl (C=O) groups is 1. The number of aliphatic hydroxyl groups is 1. The van der Waals surface area contributed by atoms with Crippen LogP contribution in [0.25, 0.3) is 0 Å². The minimum absolute atomic E-state index is 0.0767. The molecule has 1 aromatic heterocycles. The molecule has 2 heterocycles. The Morgan fingerprint density at radius 2 is 2.17 bits per heavy atom. The number of nitrogens with zero attached hydrogens (tertiary/aromatic N) is 2. The molecule has 0 bridgehead atoms. The van der Waals surface area contributed by atoms with Crippen molar-refractivity contribution in [2.75, 3.05) is 18.9 Å². The third kappa shape index (κ3) is 6.49. The van der Waals surface area contributed by atoms with E-state index in [1.807, 2.05) is 0 Å². The molecular formula is C21H25ClFN4O8P. The number of hydrogen-bond donors (Lipinski definition) is 3. The van der Waals surface area contributed by atoms with Gasteiger partial charge in [-0.15, -0.1) is 0 Å². The molecule has 1 unspecified atom stereocenters. The third-order valence-corrected chi connectivity index (χ3v) is 6.96. The largest absolute Gasteiger partial charge is 0.460 e. The molecule has 1 aromatic carbocycles. The first kappa shape index (κ1) is 27.8. The SMILES string of the molecule is C=CCOC(=O)[C@H](C)NP(=O)(OC[C@H]1O[C@@H](n2ccc(N)nc2=O)[C@@](F)(Cl)[C@@H]1O)Oc1ccccc1. The number of ether oxygens (including phenoxy) is 2. The quantitative estimate of drug-likeness (QED) is 0.163. The highest BCUT2D eigenvalue weighted by Crippen LogP contribution is 2.48. The number of nitrogens with two attached hydrogens (primary N) is 1. The lowest BCUT2D eigenvalue weighted by atomic mass is 10.1. The van der Waals surface area contributed by atoms with Crippen LogP contribution in [0.1, 0.15) is 13.2 Å². The maximum atomic E-state index is 15.2. The fourth-order valence-electron chi connectivity index (χ4n) is 3.15. The molecule has 4 N–H and O–H groups in total. The first-order valence-corrected chi connectivity index (χ1v) is 12.5. The second-order valence-corrected chi connectivity index (χ2v) is 9.93. The first-order chi connectivity index (χ1) is 17.0. The molecule has 6 atom stereocenters. The zero-order valence-electron chi connectivity index (χ0n) is 19.0. The summed E-state index contributed by atoms with van der Waals surface area (Å²) >= 11 is 5.88. The van der Waals surface area contributed by atoms with E-state index in [9.17, 15) is 19.3 Å². The zero-order chi connectivity index (χ0) is 26.5. The van der Waals surface area contributed by atoms with Gasteiger partial charge in [-0.2, -0.15) is 10.1 Å². The number of para-hydroxylation sites is 1. The van der Waals surface area contributed by atoms with Gasteiger partial charge in [0.2, 0.25) is 0 Å². The summed E-state index contributed by atoms with van der Waals surface area (Å²) in [6.45, 7) is 4.01. The fourth-order valence-corrected chi connectivity index (χ4v) is 4.95. The number of halogens is 2. The normalized spacial score (nSPS) is 26.1. The Morgan fingerprint density at radius 3 is 2.81 bits per heavy atom. The number of nitrogen functional groups attached to an aromatic ring is 1. The Hall–Kier alpha value is -2.80. The number of alkyl halides is 2. The van der Waals surface area contributed by atoms with Crippen molar-refractivity contribution in [1.82, 2.24) is 14.6 Å². The first-order valence-electron chi connectivity index (χ1n) is 10.6. The number of rotatable bonds is 11. The Kier molecular flexibility index (Phi) is 8.88. The van der Waals surface area contributed by atoms with E-state index in [4.69, 9.17) is 35.9 Å². The van der Waals surface area contributed by atoms with Crippen LogP contribution in [0.5, 0.6) is 5.75 Å². The minimum atomic E-state index is -4.34. The smallest absolute Gasteiger partial charge is 0.459 e. The van der Waals surface area contributed by atoms with E-state index in [0.717, 1.165) is 6.20 Å². The van der Waals surface area contributed by atoms with Crippen molar-refractivity contribution in [3.8, 4) is 5.75 Å². The van der Waals surface area contributed by atoms with E-state index in [-0.39, 0.29) is 18.2 Å². The minimum Gasteiger partial charge on any atom is -0.460 e. The van der Waals surface area contributed by atoms with Gasteiger partial charge in [-0.3, -0.25) is 13.9 Å². The summed E-state index contributed by atoms with van der Waals surface area (Å²) in [4.78, 5) is 27.8. The van der Waals surface area contributed by atoms with Crippen LogP contribution in [-0.4, -0.2) is 57.2 Å². The van der Waals surface area contributed by atoms with Gasteiger partial charge in [0.1, 0.15) is 36.4 Å². The highest BCUT2D eigenvalue weighted by molar-refractivity contribution is 7.52. The lowest BCUT2D eigenvalue weighted by molar-refractivity contribution is -0.144. The number of aliphatic hydroxyl groups excluding tert-OH is 1. The summed E-state index contributed by atoms with van der Waals surface area (Å²) in [7, 11) is -4.34. The van der Waals surface area contributed by atoms with Gasteiger partial charge in [0.05, 0.1) is 6.61 Å². The summed E-state index contributed by atoms with van der Waals surface area (Å²) in [6.07, 6.45) is -2.87. The van der Waals surface area contributed by atoms with Gasteiger partial charge in [-0.25, -0.2) is 13.8 Å². The average Bonchev–Trinajstić information content (AvgIpc) is 3.05. The molecule has 0 spiro atoms. The second-order valence-electron chi connectivity index (χ2n) is 7.66. The van der Waals surface area contributed by atoms with Gasteiger partial charge in [0.25, 0.3) is 5.13 Å². The highest BCUT2D eigenvalue weighted by Gasteiger charge is 2.58. The van der Waals surface area contributed by atoms with E-state index in [0.29, 0.717) is 4.57 Å². The van der Waals surface area contributed by atoms with E-state index in [1.165, 1.54) is 31.2 Å². The monoisotopic (exact) mass is 546 g/mol. The predicted octanol–water partition coefficient (Wildman–Crippen LogP) is 1.90. The molecule has 15 heteroatoms. The van der Waals surface area contributed by atoms with Crippen molar-refractivity contribution in [3.05, 3.63) is 65.7 Å². The number of esters is 1. The van der Waals surface area contributed by atoms with E-state index in [1.54, 1.807) is 18.2 Å². The molecule has 12 nitrogen and oxygen atoms in total. The van der Waals surface area contributed by atoms with Crippen LogP contribution in [0.4, 0.5) is 10.2 Å². The average molecular weight is 547 g/mol. The summed E-state index contributed by atoms with van der Waals surface area (Å²) in [6, 6.07) is 7.95. The van der Waals surface area contributed by atoms with Crippen molar-refractivity contribution >= 4 is 31.1 Å². The van der Waals surface area contributed by atoms with Crippen molar-refractivity contribution < 1.29 is 37.4 Å². The van der Waals surface area contributed by atoms with Crippen LogP contribution in [0, 0.1) is 0 Å². The van der Waals surface area contributed by atoms with Gasteiger partial charge in [0, 0.05) is 6.20 Å². The van der Waals surface area contributed by atoms with E-state index >= 15 is 4.39 Å². The van der Waals surface area contributed by atoms with Gasteiger partial charge in [-0.1, -0.05) is 42.5 Å². The third-order valence-electron chi connectivity index (χ3n) is 4.91. The van der Waals surface area contributed by atoms with Crippen molar-refractivity contribution in [1.29, 1.82) is 0 Å². The van der Waals surface area contributed by atoms with Crippen LogP contribution >= 0.6 is 19.3 Å². The molecule has 0 amide bonds. The number of carbonyl (C=O) groups excluding carboxylic acids is 1. The van der Waals surface area contributed by atoms with Gasteiger partial charge >= 0.3 is 19.4 Å². The van der Waals surface area contributed by atoms with E-state index in [2.05, 4.69) is 16.7 Å². The molecule has 1 aliphatic heterocycles. The number of nitrogens with one attached hydrogen (secondary N) is 1. The van der Waals surface area contributed by atoms with Gasteiger partial charge < -0.3 is 24.8 Å². The summed E-state index contributed by atoms with van der Waals surface area (Å²) in [5.74, 6) is -0.756. The zero-order valence-corrected chi connectivity index (χ0v) is 20.7. The molecule has 0 saturated carbocycles. The van der Waals surface area contributed by atoms with Crippen molar-refractivity contribution in [2.24, 2.45) is 0 Å². The van der Waals surface area contributed by atoms with Crippen LogP contribution in [-0.2, 0) is 23.4 Å².